The molecule has 0 spiro atoms. The summed E-state index contributed by atoms with van der Waals surface area (Å²) in [4.78, 5) is 36.4. The van der Waals surface area contributed by atoms with E-state index in [1.54, 1.807) is 6.92 Å². The number of benzene rings is 2. The summed E-state index contributed by atoms with van der Waals surface area (Å²) in [6.45, 7) is 1.93. The van der Waals surface area contributed by atoms with Crippen molar-refractivity contribution in [2.75, 3.05) is 33.4 Å². The highest BCUT2D eigenvalue weighted by Gasteiger charge is 2.29. The molecule has 0 heterocycles. The highest BCUT2D eigenvalue weighted by molar-refractivity contribution is 5.84. The molecule has 0 saturated carbocycles. The van der Waals surface area contributed by atoms with Crippen molar-refractivity contribution in [1.82, 2.24) is 10.2 Å². The van der Waals surface area contributed by atoms with Crippen LogP contribution in [0.15, 0.2) is 48.5 Å². The lowest BCUT2D eigenvalue weighted by molar-refractivity contribution is -0.150. The van der Waals surface area contributed by atoms with Crippen molar-refractivity contribution in [3.8, 4) is 11.1 Å². The number of aliphatic carboxylic acids is 1. The number of nitrogens with one attached hydrogen (secondary N) is 1. The SMILES string of the molecule is CCC(C(=O)O)N(C)C(=O)COCCNC(=O)OCC1c2ccccc2-c2ccccc21. The summed E-state index contributed by atoms with van der Waals surface area (Å²) in [5.74, 6) is -1.50. The zero-order valence-corrected chi connectivity index (χ0v) is 18.2. The van der Waals surface area contributed by atoms with E-state index < -0.39 is 24.0 Å². The van der Waals surface area contributed by atoms with Crippen LogP contribution in [0, 0.1) is 0 Å². The Bertz CT molecular complexity index is 931. The van der Waals surface area contributed by atoms with Gasteiger partial charge >= 0.3 is 12.1 Å². The van der Waals surface area contributed by atoms with Crippen LogP contribution in [0.1, 0.15) is 30.4 Å². The van der Waals surface area contributed by atoms with Crippen molar-refractivity contribution < 1.29 is 29.0 Å². The van der Waals surface area contributed by atoms with Gasteiger partial charge in [0.25, 0.3) is 0 Å². The lowest BCUT2D eigenvalue weighted by Crippen LogP contribution is -2.43. The van der Waals surface area contributed by atoms with Crippen LogP contribution in [0.3, 0.4) is 0 Å². The summed E-state index contributed by atoms with van der Waals surface area (Å²) in [5.41, 5.74) is 4.60. The molecule has 2 amide bonds. The number of ether oxygens (including phenoxy) is 2. The summed E-state index contributed by atoms with van der Waals surface area (Å²) in [6, 6.07) is 15.3. The first kappa shape index (κ1) is 23.3. The van der Waals surface area contributed by atoms with Crippen LogP contribution in [0.5, 0.6) is 0 Å². The van der Waals surface area contributed by atoms with Gasteiger partial charge in [0.1, 0.15) is 19.3 Å². The molecule has 0 saturated heterocycles. The largest absolute Gasteiger partial charge is 0.480 e. The zero-order valence-electron chi connectivity index (χ0n) is 18.2. The van der Waals surface area contributed by atoms with Gasteiger partial charge in [-0.25, -0.2) is 9.59 Å². The van der Waals surface area contributed by atoms with Gasteiger partial charge in [-0.15, -0.1) is 0 Å². The molecule has 3 rings (SSSR count). The molecule has 1 aliphatic rings. The Kier molecular flexibility index (Phi) is 7.83. The molecule has 0 fully saturated rings. The van der Waals surface area contributed by atoms with Gasteiger partial charge in [0.05, 0.1) is 6.61 Å². The van der Waals surface area contributed by atoms with Crippen molar-refractivity contribution in [1.29, 1.82) is 0 Å². The number of amides is 2. The molecular formula is C24H28N2O6. The minimum Gasteiger partial charge on any atom is -0.480 e. The number of hydrogen-bond donors (Lipinski definition) is 2. The smallest absolute Gasteiger partial charge is 0.407 e. The predicted molar refractivity (Wildman–Crippen MR) is 118 cm³/mol. The number of carbonyl (C=O) groups excluding carboxylic acids is 2. The first-order chi connectivity index (χ1) is 15.4. The first-order valence-corrected chi connectivity index (χ1v) is 10.6. The van der Waals surface area contributed by atoms with Crippen molar-refractivity contribution in [2.45, 2.75) is 25.3 Å². The van der Waals surface area contributed by atoms with Crippen molar-refractivity contribution in [3.05, 3.63) is 59.7 Å². The molecule has 0 bridgehead atoms. The average molecular weight is 440 g/mol. The molecule has 8 nitrogen and oxygen atoms in total. The molecule has 2 aromatic rings. The Hall–Kier alpha value is -3.39. The summed E-state index contributed by atoms with van der Waals surface area (Å²) >= 11 is 0. The lowest BCUT2D eigenvalue weighted by Gasteiger charge is -2.23. The van der Waals surface area contributed by atoms with Gasteiger partial charge in [-0.05, 0) is 28.7 Å². The topological polar surface area (TPSA) is 105 Å². The third-order valence-corrected chi connectivity index (χ3v) is 5.62. The van der Waals surface area contributed by atoms with Crippen LogP contribution in [-0.4, -0.2) is 67.4 Å². The summed E-state index contributed by atoms with van der Waals surface area (Å²) in [7, 11) is 1.43. The summed E-state index contributed by atoms with van der Waals surface area (Å²) < 4.78 is 10.7. The Morgan fingerprint density at radius 3 is 2.22 bits per heavy atom. The second kappa shape index (κ2) is 10.8. The van der Waals surface area contributed by atoms with E-state index >= 15 is 0 Å². The normalized spacial score (nSPS) is 13.1. The molecule has 0 aliphatic heterocycles. The van der Waals surface area contributed by atoms with Crippen LogP contribution in [0.25, 0.3) is 11.1 Å². The molecule has 2 aromatic carbocycles. The van der Waals surface area contributed by atoms with E-state index in [0.717, 1.165) is 27.2 Å². The minimum absolute atomic E-state index is 0.0155. The number of carboxylic acid groups (broad SMARTS) is 1. The lowest BCUT2D eigenvalue weighted by atomic mass is 9.98. The zero-order chi connectivity index (χ0) is 23.1. The second-order valence-electron chi connectivity index (χ2n) is 7.57. The van der Waals surface area contributed by atoms with Gasteiger partial charge in [0.2, 0.25) is 5.91 Å². The molecule has 1 atom stereocenters. The molecule has 1 unspecified atom stereocenters. The number of nitrogens with zero attached hydrogens (tertiary/aromatic N) is 1. The fourth-order valence-corrected chi connectivity index (χ4v) is 3.92. The van der Waals surface area contributed by atoms with Gasteiger partial charge in [-0.2, -0.15) is 0 Å². The van der Waals surface area contributed by atoms with Crippen LogP contribution in [0.4, 0.5) is 4.79 Å². The maximum Gasteiger partial charge on any atom is 0.407 e. The Morgan fingerprint density at radius 1 is 1.06 bits per heavy atom. The fourth-order valence-electron chi connectivity index (χ4n) is 3.92. The predicted octanol–water partition coefficient (Wildman–Crippen LogP) is 2.86. The van der Waals surface area contributed by atoms with E-state index in [0.29, 0.717) is 6.42 Å². The molecule has 0 aromatic heterocycles. The fraction of sp³-hybridized carbons (Fsp3) is 0.375. The highest BCUT2D eigenvalue weighted by Crippen LogP contribution is 2.44. The number of rotatable bonds is 10. The van der Waals surface area contributed by atoms with Gasteiger partial charge < -0.3 is 24.8 Å². The van der Waals surface area contributed by atoms with Gasteiger partial charge in [-0.3, -0.25) is 4.79 Å². The Morgan fingerprint density at radius 2 is 1.66 bits per heavy atom. The maximum atomic E-state index is 12.1. The second-order valence-corrected chi connectivity index (χ2v) is 7.57. The van der Waals surface area contributed by atoms with E-state index in [-0.39, 0.29) is 32.3 Å². The monoisotopic (exact) mass is 440 g/mol. The van der Waals surface area contributed by atoms with E-state index in [9.17, 15) is 14.4 Å². The van der Waals surface area contributed by atoms with E-state index in [1.807, 2.05) is 24.3 Å². The third-order valence-electron chi connectivity index (χ3n) is 5.62. The number of carboxylic acids is 1. The molecule has 0 radical (unpaired) electrons. The Labute approximate surface area is 187 Å². The number of hydrogen-bond acceptors (Lipinski definition) is 5. The van der Waals surface area contributed by atoms with Crippen LogP contribution < -0.4 is 5.32 Å². The Balaban J connectivity index is 1.40. The van der Waals surface area contributed by atoms with Crippen molar-refractivity contribution in [2.24, 2.45) is 0 Å². The quantitative estimate of drug-likeness (QED) is 0.551. The van der Waals surface area contributed by atoms with Crippen molar-refractivity contribution >= 4 is 18.0 Å². The first-order valence-electron chi connectivity index (χ1n) is 10.6. The minimum atomic E-state index is -1.06. The summed E-state index contributed by atoms with van der Waals surface area (Å²) in [5, 5.41) is 11.7. The van der Waals surface area contributed by atoms with E-state index in [4.69, 9.17) is 14.6 Å². The average Bonchev–Trinajstić information content (AvgIpc) is 3.11. The number of alkyl carbamates (subject to hydrolysis) is 1. The highest BCUT2D eigenvalue weighted by atomic mass is 16.5. The number of carbonyl (C=O) groups is 3. The number of likely N-dealkylation sites (N-methyl/N-ethyl adjacent to an activating group) is 1. The van der Waals surface area contributed by atoms with Crippen molar-refractivity contribution in [3.63, 3.8) is 0 Å². The molecular weight excluding hydrogens is 412 g/mol. The molecule has 8 heteroatoms. The third kappa shape index (κ3) is 5.26. The van der Waals surface area contributed by atoms with Crippen LogP contribution >= 0.6 is 0 Å². The van der Waals surface area contributed by atoms with Gasteiger partial charge in [0, 0.05) is 19.5 Å². The maximum absolute atomic E-state index is 12.1. The van der Waals surface area contributed by atoms with Crippen LogP contribution in [-0.2, 0) is 19.1 Å². The molecule has 170 valence electrons. The molecule has 2 N–H and O–H groups in total. The standard InChI is InChI=1S/C24H28N2O6/c1-3-21(23(28)29)26(2)22(27)15-31-13-12-25-24(30)32-14-20-18-10-6-4-8-16(18)17-9-5-7-11-19(17)20/h4-11,20-21H,3,12-15H2,1-2H3,(H,25,30)(H,28,29). The summed E-state index contributed by atoms with van der Waals surface area (Å²) in [6.07, 6.45) is -0.253. The van der Waals surface area contributed by atoms with E-state index in [2.05, 4.69) is 29.6 Å². The molecule has 32 heavy (non-hydrogen) atoms. The van der Waals surface area contributed by atoms with Crippen LogP contribution in [0.2, 0.25) is 0 Å². The number of fused-ring (bicyclic) bond motifs is 3. The van der Waals surface area contributed by atoms with E-state index in [1.165, 1.54) is 7.05 Å². The van der Waals surface area contributed by atoms with Gasteiger partial charge in [0.15, 0.2) is 0 Å². The molecule has 1 aliphatic carbocycles. The van der Waals surface area contributed by atoms with Gasteiger partial charge in [-0.1, -0.05) is 55.5 Å².